The monoisotopic (exact) mass is 357 g/mol. The summed E-state index contributed by atoms with van der Waals surface area (Å²) < 4.78 is 0. The van der Waals surface area contributed by atoms with Gasteiger partial charge in [0, 0.05) is 24.2 Å². The fourth-order valence-electron chi connectivity index (χ4n) is 1.85. The topological polar surface area (TPSA) is 121 Å². The molecule has 8 nitrogen and oxygen atoms in total. The number of aryl methyl sites for hydroxylation is 1. The Kier molecular flexibility index (Phi) is 5.66. The lowest BCUT2D eigenvalue weighted by Crippen LogP contribution is -2.15. The number of nitrogens with zero attached hydrogens (tertiary/aromatic N) is 3. The molecule has 9 heteroatoms. The first-order valence-electron chi connectivity index (χ1n) is 6.96. The van der Waals surface area contributed by atoms with Crippen molar-refractivity contribution in [3.8, 4) is 6.07 Å². The number of rotatable bonds is 5. The summed E-state index contributed by atoms with van der Waals surface area (Å²) >= 11 is 5.71. The highest BCUT2D eigenvalue weighted by Gasteiger charge is 2.15. The Morgan fingerprint density at radius 2 is 2.20 bits per heavy atom. The van der Waals surface area contributed by atoms with E-state index in [1.807, 2.05) is 13.0 Å². The van der Waals surface area contributed by atoms with Crippen LogP contribution in [-0.4, -0.2) is 15.8 Å². The van der Waals surface area contributed by atoms with Crippen molar-refractivity contribution in [2.24, 2.45) is 0 Å². The van der Waals surface area contributed by atoms with Crippen molar-refractivity contribution in [1.82, 2.24) is 4.98 Å². The van der Waals surface area contributed by atoms with Gasteiger partial charge in [0.15, 0.2) is 0 Å². The number of nitro groups is 1. The highest BCUT2D eigenvalue weighted by atomic mass is 35.5. The molecule has 1 heterocycles. The van der Waals surface area contributed by atoms with E-state index >= 15 is 0 Å². The molecule has 1 amide bonds. The molecule has 0 fully saturated rings. The van der Waals surface area contributed by atoms with E-state index < -0.39 is 10.8 Å². The molecule has 0 spiro atoms. The van der Waals surface area contributed by atoms with Crippen LogP contribution in [0.4, 0.5) is 17.2 Å². The van der Waals surface area contributed by atoms with Gasteiger partial charge in [-0.3, -0.25) is 14.9 Å². The zero-order valence-corrected chi connectivity index (χ0v) is 13.7. The SMILES string of the molecule is Cc1cccnc1N/C=C(/C#N)C(=O)Nc1ccc(Cl)c([N+](=O)[O-])c1. The van der Waals surface area contributed by atoms with Gasteiger partial charge < -0.3 is 10.6 Å². The molecule has 0 aliphatic carbocycles. The first kappa shape index (κ1) is 17.9. The number of hydrogen-bond acceptors (Lipinski definition) is 6. The standard InChI is InChI=1S/C16H12ClN5O3/c1-10-3-2-6-19-15(10)20-9-11(8-18)16(23)21-12-4-5-13(17)14(7-12)22(24)25/h2-7,9H,1H3,(H,19,20)(H,21,23)/b11-9-. The number of benzene rings is 1. The number of amides is 1. The number of nitriles is 1. The van der Waals surface area contributed by atoms with Crippen LogP contribution in [0.2, 0.25) is 5.02 Å². The number of carbonyl (C=O) groups excluding carboxylic acids is 1. The Morgan fingerprint density at radius 1 is 1.44 bits per heavy atom. The minimum absolute atomic E-state index is 0.0497. The third-order valence-corrected chi connectivity index (χ3v) is 3.45. The molecule has 126 valence electrons. The Morgan fingerprint density at radius 3 is 2.84 bits per heavy atom. The number of anilines is 2. The summed E-state index contributed by atoms with van der Waals surface area (Å²) in [5.74, 6) is -0.217. The molecule has 2 rings (SSSR count). The second-order valence-corrected chi connectivity index (χ2v) is 5.27. The Bertz CT molecular complexity index is 905. The third-order valence-electron chi connectivity index (χ3n) is 3.13. The van der Waals surface area contributed by atoms with Gasteiger partial charge in [0.05, 0.1) is 4.92 Å². The van der Waals surface area contributed by atoms with E-state index in [9.17, 15) is 14.9 Å². The van der Waals surface area contributed by atoms with Crippen molar-refractivity contribution in [2.45, 2.75) is 6.92 Å². The fourth-order valence-corrected chi connectivity index (χ4v) is 2.04. The van der Waals surface area contributed by atoms with E-state index in [4.69, 9.17) is 16.9 Å². The molecule has 2 N–H and O–H groups in total. The van der Waals surface area contributed by atoms with E-state index in [0.29, 0.717) is 5.82 Å². The quantitative estimate of drug-likeness (QED) is 0.366. The number of nitro benzene ring substituents is 1. The summed E-state index contributed by atoms with van der Waals surface area (Å²) in [4.78, 5) is 26.4. The Hall–Kier alpha value is -3.44. The van der Waals surface area contributed by atoms with Gasteiger partial charge in [-0.25, -0.2) is 4.98 Å². The molecule has 2 aromatic rings. The first-order chi connectivity index (χ1) is 11.9. The second-order valence-electron chi connectivity index (χ2n) is 4.86. The van der Waals surface area contributed by atoms with Crippen molar-refractivity contribution in [1.29, 1.82) is 5.26 Å². The third kappa shape index (κ3) is 4.53. The molecule has 0 unspecified atom stereocenters. The lowest BCUT2D eigenvalue weighted by molar-refractivity contribution is -0.384. The Labute approximate surface area is 147 Å². The molecule has 0 radical (unpaired) electrons. The summed E-state index contributed by atoms with van der Waals surface area (Å²) in [7, 11) is 0. The van der Waals surface area contributed by atoms with Gasteiger partial charge in [-0.2, -0.15) is 5.26 Å². The Balaban J connectivity index is 2.17. The molecule has 0 atom stereocenters. The maximum Gasteiger partial charge on any atom is 0.289 e. The van der Waals surface area contributed by atoms with Gasteiger partial charge in [0.25, 0.3) is 11.6 Å². The lowest BCUT2D eigenvalue weighted by Gasteiger charge is -2.06. The molecule has 0 aliphatic heterocycles. The molecule has 1 aromatic carbocycles. The highest BCUT2D eigenvalue weighted by Crippen LogP contribution is 2.27. The highest BCUT2D eigenvalue weighted by molar-refractivity contribution is 6.32. The molecular formula is C16H12ClN5O3. The zero-order chi connectivity index (χ0) is 18.4. The van der Waals surface area contributed by atoms with E-state index in [0.717, 1.165) is 11.6 Å². The van der Waals surface area contributed by atoms with Crippen LogP contribution in [0.15, 0.2) is 48.3 Å². The van der Waals surface area contributed by atoms with Crippen molar-refractivity contribution < 1.29 is 9.72 Å². The number of carbonyl (C=O) groups is 1. The van der Waals surface area contributed by atoms with Crippen LogP contribution in [0.5, 0.6) is 0 Å². The molecule has 0 bridgehead atoms. The summed E-state index contributed by atoms with van der Waals surface area (Å²) in [6.07, 6.45) is 2.79. The summed E-state index contributed by atoms with van der Waals surface area (Å²) in [6, 6.07) is 9.15. The van der Waals surface area contributed by atoms with Crippen LogP contribution in [0.1, 0.15) is 5.56 Å². The van der Waals surface area contributed by atoms with Crippen molar-refractivity contribution >= 4 is 34.7 Å². The molecule has 0 saturated carbocycles. The van der Waals surface area contributed by atoms with E-state index in [1.165, 1.54) is 18.3 Å². The van der Waals surface area contributed by atoms with E-state index in [-0.39, 0.29) is 22.0 Å². The summed E-state index contributed by atoms with van der Waals surface area (Å²) in [6.45, 7) is 1.82. The van der Waals surface area contributed by atoms with Gasteiger partial charge in [0.2, 0.25) is 0 Å². The maximum absolute atomic E-state index is 12.2. The van der Waals surface area contributed by atoms with Crippen LogP contribution in [0.25, 0.3) is 0 Å². The van der Waals surface area contributed by atoms with E-state index in [2.05, 4.69) is 15.6 Å². The summed E-state index contributed by atoms with van der Waals surface area (Å²) in [5.41, 5.74) is 0.424. The van der Waals surface area contributed by atoms with Crippen molar-refractivity contribution in [2.75, 3.05) is 10.6 Å². The van der Waals surface area contributed by atoms with Crippen LogP contribution in [0.3, 0.4) is 0 Å². The van der Waals surface area contributed by atoms with Crippen LogP contribution >= 0.6 is 11.6 Å². The van der Waals surface area contributed by atoms with Gasteiger partial charge in [-0.1, -0.05) is 17.7 Å². The zero-order valence-electron chi connectivity index (χ0n) is 13.0. The smallest absolute Gasteiger partial charge is 0.289 e. The van der Waals surface area contributed by atoms with Gasteiger partial charge in [-0.05, 0) is 30.7 Å². The van der Waals surface area contributed by atoms with E-state index in [1.54, 1.807) is 18.3 Å². The molecular weight excluding hydrogens is 346 g/mol. The van der Waals surface area contributed by atoms with Gasteiger partial charge in [0.1, 0.15) is 22.5 Å². The minimum Gasteiger partial charge on any atom is -0.345 e. The molecule has 1 aromatic heterocycles. The second kappa shape index (κ2) is 7.90. The number of aromatic nitrogens is 1. The van der Waals surface area contributed by atoms with Gasteiger partial charge in [-0.15, -0.1) is 0 Å². The van der Waals surface area contributed by atoms with Crippen molar-refractivity contribution in [3.05, 3.63) is 69.0 Å². The molecule has 25 heavy (non-hydrogen) atoms. The first-order valence-corrected chi connectivity index (χ1v) is 7.34. The number of nitrogens with one attached hydrogen (secondary N) is 2. The fraction of sp³-hybridized carbons (Fsp3) is 0.0625. The lowest BCUT2D eigenvalue weighted by atomic mass is 10.2. The molecule has 0 aliphatic rings. The van der Waals surface area contributed by atoms with Crippen LogP contribution < -0.4 is 10.6 Å². The minimum atomic E-state index is -0.722. The van der Waals surface area contributed by atoms with Crippen LogP contribution in [-0.2, 0) is 4.79 Å². The number of hydrogen-bond donors (Lipinski definition) is 2. The normalized spacial score (nSPS) is 10.7. The largest absolute Gasteiger partial charge is 0.345 e. The van der Waals surface area contributed by atoms with Crippen molar-refractivity contribution in [3.63, 3.8) is 0 Å². The summed E-state index contributed by atoms with van der Waals surface area (Å²) in [5, 5.41) is 25.2. The van der Waals surface area contributed by atoms with Gasteiger partial charge >= 0.3 is 0 Å². The predicted octanol–water partition coefficient (Wildman–Crippen LogP) is 3.41. The predicted molar refractivity (Wildman–Crippen MR) is 93.0 cm³/mol. The average molecular weight is 358 g/mol. The average Bonchev–Trinajstić information content (AvgIpc) is 2.58. The number of pyridine rings is 1. The van der Waals surface area contributed by atoms with Crippen LogP contribution in [0, 0.1) is 28.4 Å². The maximum atomic E-state index is 12.2. The number of halogens is 1. The molecule has 0 saturated heterocycles.